The smallest absolute Gasteiger partial charge is 0.0928 e. The summed E-state index contributed by atoms with van der Waals surface area (Å²) >= 11 is 0. The molecule has 0 aromatic heterocycles. The quantitative estimate of drug-likeness (QED) is 0.706. The van der Waals surface area contributed by atoms with E-state index in [0.29, 0.717) is 0 Å². The molecule has 0 fully saturated rings. The Hall–Kier alpha value is -0.820. The van der Waals surface area contributed by atoms with Crippen LogP contribution in [-0.2, 0) is 10.3 Å². The van der Waals surface area contributed by atoms with Crippen LogP contribution in [0.3, 0.4) is 0 Å². The van der Waals surface area contributed by atoms with Crippen LogP contribution >= 0.6 is 0 Å². The molecule has 1 aromatic rings. The second-order valence-corrected chi connectivity index (χ2v) is 3.95. The molecule has 0 radical (unpaired) electrons. The molecule has 1 nitrogen and oxygen atoms in total. The normalized spacial score (nSPS) is 11.7. The van der Waals surface area contributed by atoms with E-state index in [4.69, 9.17) is 4.74 Å². The van der Waals surface area contributed by atoms with Crippen molar-refractivity contribution in [3.8, 4) is 0 Å². The number of hydrogen-bond donors (Lipinski definition) is 0. The highest BCUT2D eigenvalue weighted by Gasteiger charge is 2.29. The van der Waals surface area contributed by atoms with Crippen molar-refractivity contribution in [3.63, 3.8) is 0 Å². The average Bonchev–Trinajstić information content (AvgIpc) is 2.27. The highest BCUT2D eigenvalue weighted by Crippen LogP contribution is 2.34. The summed E-state index contributed by atoms with van der Waals surface area (Å²) in [5.41, 5.74) is 2.59. The Morgan fingerprint density at radius 3 is 2.13 bits per heavy atom. The predicted molar refractivity (Wildman–Crippen MR) is 65.1 cm³/mol. The van der Waals surface area contributed by atoms with Gasteiger partial charge in [-0.15, -0.1) is 0 Å². The highest BCUT2D eigenvalue weighted by atomic mass is 16.5. The lowest BCUT2D eigenvalue weighted by atomic mass is 9.85. The van der Waals surface area contributed by atoms with Gasteiger partial charge in [-0.3, -0.25) is 0 Å². The Labute approximate surface area is 93.5 Å². The molecule has 1 aromatic carbocycles. The largest absolute Gasteiger partial charge is 0.371 e. The van der Waals surface area contributed by atoms with Crippen LogP contribution < -0.4 is 0 Å². The molecule has 0 N–H and O–H groups in total. The molecule has 15 heavy (non-hydrogen) atoms. The van der Waals surface area contributed by atoms with E-state index >= 15 is 0 Å². The van der Waals surface area contributed by atoms with Gasteiger partial charge >= 0.3 is 0 Å². The number of aryl methyl sites for hydroxylation is 1. The maximum Gasteiger partial charge on any atom is 0.0928 e. The predicted octanol–water partition coefficient (Wildman–Crippen LogP) is 4.05. The molecular formula is C14H22O. The summed E-state index contributed by atoms with van der Waals surface area (Å²) < 4.78 is 5.99. The Morgan fingerprint density at radius 1 is 1.07 bits per heavy atom. The third-order valence-corrected chi connectivity index (χ3v) is 3.20. The average molecular weight is 206 g/mol. The van der Waals surface area contributed by atoms with Crippen LogP contribution in [0.1, 0.15) is 44.7 Å². The number of hydrogen-bond acceptors (Lipinski definition) is 1. The highest BCUT2D eigenvalue weighted by molar-refractivity contribution is 5.31. The minimum atomic E-state index is -0.0832. The third kappa shape index (κ3) is 2.40. The van der Waals surface area contributed by atoms with Crippen molar-refractivity contribution < 1.29 is 4.74 Å². The first-order chi connectivity index (χ1) is 7.20. The van der Waals surface area contributed by atoms with Crippen molar-refractivity contribution in [1.29, 1.82) is 0 Å². The SMILES string of the molecule is CCOC(CC)(CC)c1ccccc1C. The summed E-state index contributed by atoms with van der Waals surface area (Å²) in [5.74, 6) is 0. The van der Waals surface area contributed by atoms with Gasteiger partial charge in [0.25, 0.3) is 0 Å². The van der Waals surface area contributed by atoms with E-state index in [-0.39, 0.29) is 5.60 Å². The molecule has 1 rings (SSSR count). The Morgan fingerprint density at radius 2 is 1.67 bits per heavy atom. The van der Waals surface area contributed by atoms with Crippen molar-refractivity contribution in [2.45, 2.75) is 46.1 Å². The zero-order chi connectivity index (χ0) is 11.3. The van der Waals surface area contributed by atoms with Crippen molar-refractivity contribution in [2.24, 2.45) is 0 Å². The molecule has 0 spiro atoms. The maximum absolute atomic E-state index is 5.99. The van der Waals surface area contributed by atoms with Crippen molar-refractivity contribution in [1.82, 2.24) is 0 Å². The summed E-state index contributed by atoms with van der Waals surface area (Å²) in [6, 6.07) is 8.54. The summed E-state index contributed by atoms with van der Waals surface area (Å²) in [6.07, 6.45) is 2.06. The molecule has 0 atom stereocenters. The molecule has 0 aliphatic carbocycles. The van der Waals surface area contributed by atoms with E-state index in [9.17, 15) is 0 Å². The van der Waals surface area contributed by atoms with Gasteiger partial charge in [-0.2, -0.15) is 0 Å². The van der Waals surface area contributed by atoms with Crippen LogP contribution in [0.25, 0.3) is 0 Å². The lowest BCUT2D eigenvalue weighted by molar-refractivity contribution is -0.0509. The first kappa shape index (κ1) is 12.3. The summed E-state index contributed by atoms with van der Waals surface area (Å²) in [7, 11) is 0. The van der Waals surface area contributed by atoms with Gasteiger partial charge in [-0.05, 0) is 37.8 Å². The van der Waals surface area contributed by atoms with Crippen molar-refractivity contribution in [2.75, 3.05) is 6.61 Å². The van der Waals surface area contributed by atoms with E-state index in [1.165, 1.54) is 11.1 Å². The minimum Gasteiger partial charge on any atom is -0.371 e. The molecule has 84 valence electrons. The van der Waals surface area contributed by atoms with Gasteiger partial charge in [-0.25, -0.2) is 0 Å². The summed E-state index contributed by atoms with van der Waals surface area (Å²) in [4.78, 5) is 0. The van der Waals surface area contributed by atoms with E-state index < -0.39 is 0 Å². The van der Waals surface area contributed by atoms with Gasteiger partial charge in [0, 0.05) is 6.61 Å². The molecular weight excluding hydrogens is 184 g/mol. The van der Waals surface area contributed by atoms with Crippen LogP contribution in [0.15, 0.2) is 24.3 Å². The van der Waals surface area contributed by atoms with Crippen LogP contribution in [-0.4, -0.2) is 6.61 Å². The Balaban J connectivity index is 3.13. The Bertz CT molecular complexity index is 300. The first-order valence-electron chi connectivity index (χ1n) is 5.90. The zero-order valence-corrected chi connectivity index (χ0v) is 10.3. The van der Waals surface area contributed by atoms with E-state index in [1.54, 1.807) is 0 Å². The molecule has 0 amide bonds. The number of benzene rings is 1. The maximum atomic E-state index is 5.99. The minimum absolute atomic E-state index is 0.0832. The number of ether oxygens (including phenoxy) is 1. The molecule has 0 unspecified atom stereocenters. The third-order valence-electron chi connectivity index (χ3n) is 3.20. The summed E-state index contributed by atoms with van der Waals surface area (Å²) in [6.45, 7) is 9.40. The van der Waals surface area contributed by atoms with Crippen LogP contribution in [0, 0.1) is 6.92 Å². The monoisotopic (exact) mass is 206 g/mol. The fraction of sp³-hybridized carbons (Fsp3) is 0.571. The molecule has 0 aliphatic heterocycles. The zero-order valence-electron chi connectivity index (χ0n) is 10.3. The van der Waals surface area contributed by atoms with Gasteiger partial charge in [-0.1, -0.05) is 38.1 Å². The van der Waals surface area contributed by atoms with Crippen molar-refractivity contribution >= 4 is 0 Å². The van der Waals surface area contributed by atoms with Crippen LogP contribution in [0.2, 0.25) is 0 Å². The number of rotatable bonds is 5. The molecule has 0 aliphatic rings. The van der Waals surface area contributed by atoms with Crippen LogP contribution in [0.5, 0.6) is 0 Å². The molecule has 0 saturated heterocycles. The molecule has 1 heteroatoms. The van der Waals surface area contributed by atoms with E-state index in [2.05, 4.69) is 52.0 Å². The second-order valence-electron chi connectivity index (χ2n) is 3.95. The Kier molecular flexibility index (Phi) is 4.34. The van der Waals surface area contributed by atoms with Gasteiger partial charge in [0.05, 0.1) is 5.60 Å². The topological polar surface area (TPSA) is 9.23 Å². The van der Waals surface area contributed by atoms with E-state index in [0.717, 1.165) is 19.4 Å². The fourth-order valence-corrected chi connectivity index (χ4v) is 2.27. The van der Waals surface area contributed by atoms with Gasteiger partial charge in [0.1, 0.15) is 0 Å². The van der Waals surface area contributed by atoms with Gasteiger partial charge in [0.15, 0.2) is 0 Å². The second kappa shape index (κ2) is 5.32. The molecule has 0 saturated carbocycles. The van der Waals surface area contributed by atoms with E-state index in [1.807, 2.05) is 0 Å². The van der Waals surface area contributed by atoms with Gasteiger partial charge < -0.3 is 4.74 Å². The first-order valence-corrected chi connectivity index (χ1v) is 5.90. The fourth-order valence-electron chi connectivity index (χ4n) is 2.27. The van der Waals surface area contributed by atoms with Crippen LogP contribution in [0.4, 0.5) is 0 Å². The van der Waals surface area contributed by atoms with Crippen molar-refractivity contribution in [3.05, 3.63) is 35.4 Å². The lowest BCUT2D eigenvalue weighted by Crippen LogP contribution is -2.29. The molecule has 0 bridgehead atoms. The lowest BCUT2D eigenvalue weighted by Gasteiger charge is -2.33. The molecule has 0 heterocycles. The standard InChI is InChI=1S/C14H22O/c1-5-14(6-2,15-7-3)13-11-9-8-10-12(13)4/h8-11H,5-7H2,1-4H3. The van der Waals surface area contributed by atoms with Gasteiger partial charge in [0.2, 0.25) is 0 Å². The summed E-state index contributed by atoms with van der Waals surface area (Å²) in [5, 5.41) is 0.